The van der Waals surface area contributed by atoms with Crippen LogP contribution in [0.4, 0.5) is 0 Å². The van der Waals surface area contributed by atoms with Gasteiger partial charge in [0.2, 0.25) is 5.89 Å². The van der Waals surface area contributed by atoms with Crippen molar-refractivity contribution in [3.63, 3.8) is 0 Å². The van der Waals surface area contributed by atoms with Gasteiger partial charge in [0.25, 0.3) is 0 Å². The minimum Gasteiger partial charge on any atom is -0.496 e. The van der Waals surface area contributed by atoms with E-state index in [9.17, 15) is 0 Å². The molecular weight excluding hydrogens is 412 g/mol. The molecular formula is C27H26N4O2. The van der Waals surface area contributed by atoms with Crippen LogP contribution >= 0.6 is 0 Å². The quantitative estimate of drug-likeness (QED) is 0.330. The molecule has 0 atom stereocenters. The first kappa shape index (κ1) is 21.0. The fourth-order valence-electron chi connectivity index (χ4n) is 4.12. The molecule has 0 fully saturated rings. The zero-order valence-corrected chi connectivity index (χ0v) is 19.0. The molecule has 0 aliphatic heterocycles. The van der Waals surface area contributed by atoms with E-state index in [-0.39, 0.29) is 0 Å². The molecule has 0 aliphatic carbocycles. The Morgan fingerprint density at radius 2 is 1.73 bits per heavy atom. The minimum atomic E-state index is 0.637. The highest BCUT2D eigenvalue weighted by Crippen LogP contribution is 2.34. The van der Waals surface area contributed by atoms with Crippen LogP contribution in [0.15, 0.2) is 83.5 Å². The van der Waals surface area contributed by atoms with Crippen molar-refractivity contribution in [2.75, 3.05) is 14.2 Å². The van der Waals surface area contributed by atoms with Crippen LogP contribution in [0.1, 0.15) is 17.0 Å². The molecule has 0 unspecified atom stereocenters. The second-order valence-corrected chi connectivity index (χ2v) is 8.17. The standard InChI is InChI=1S/C27H26N4O2/c1-19-25(18-30(2)17-20-9-11-21(12-10-20)31-16-6-15-28-31)29-27(33-19)24-13-14-26(32-3)23-8-5-4-7-22(23)24/h4-16H,17-18H2,1-3H3. The highest BCUT2D eigenvalue weighted by Gasteiger charge is 2.16. The van der Waals surface area contributed by atoms with Crippen molar-refractivity contribution in [1.82, 2.24) is 19.7 Å². The van der Waals surface area contributed by atoms with Gasteiger partial charge in [-0.05, 0) is 55.3 Å². The summed E-state index contributed by atoms with van der Waals surface area (Å²) in [5, 5.41) is 6.39. The fraction of sp³-hybridized carbons (Fsp3) is 0.185. The Bertz CT molecular complexity index is 1370. The first-order valence-electron chi connectivity index (χ1n) is 10.9. The Morgan fingerprint density at radius 1 is 0.939 bits per heavy atom. The van der Waals surface area contributed by atoms with Crippen LogP contribution < -0.4 is 4.74 Å². The van der Waals surface area contributed by atoms with E-state index in [0.29, 0.717) is 12.4 Å². The van der Waals surface area contributed by atoms with Gasteiger partial charge in [0.05, 0.1) is 18.5 Å². The number of fused-ring (bicyclic) bond motifs is 1. The largest absolute Gasteiger partial charge is 0.496 e. The summed E-state index contributed by atoms with van der Waals surface area (Å²) in [6, 6.07) is 22.5. The molecule has 0 amide bonds. The van der Waals surface area contributed by atoms with Crippen LogP contribution in [-0.4, -0.2) is 33.8 Å². The third-order valence-corrected chi connectivity index (χ3v) is 5.80. The number of hydrogen-bond donors (Lipinski definition) is 0. The van der Waals surface area contributed by atoms with Crippen LogP contribution in [0.3, 0.4) is 0 Å². The van der Waals surface area contributed by atoms with Crippen LogP contribution in [0.2, 0.25) is 0 Å². The lowest BCUT2D eigenvalue weighted by molar-refractivity contribution is 0.313. The Labute approximate surface area is 193 Å². The third kappa shape index (κ3) is 4.25. The lowest BCUT2D eigenvalue weighted by Gasteiger charge is -2.16. The molecule has 2 aromatic heterocycles. The molecule has 0 N–H and O–H groups in total. The summed E-state index contributed by atoms with van der Waals surface area (Å²) in [7, 11) is 3.79. The average Bonchev–Trinajstić information content (AvgIpc) is 3.49. The maximum Gasteiger partial charge on any atom is 0.227 e. The number of hydrogen-bond acceptors (Lipinski definition) is 5. The predicted molar refractivity (Wildman–Crippen MR) is 129 cm³/mol. The topological polar surface area (TPSA) is 56.3 Å². The van der Waals surface area contributed by atoms with Gasteiger partial charge in [-0.15, -0.1) is 0 Å². The van der Waals surface area contributed by atoms with Crippen LogP contribution in [0.5, 0.6) is 5.75 Å². The first-order chi connectivity index (χ1) is 16.1. The van der Waals surface area contributed by atoms with Crippen LogP contribution in [0.25, 0.3) is 27.9 Å². The van der Waals surface area contributed by atoms with E-state index >= 15 is 0 Å². The van der Waals surface area contributed by atoms with Gasteiger partial charge in [-0.2, -0.15) is 5.10 Å². The Hall–Kier alpha value is -3.90. The monoisotopic (exact) mass is 438 g/mol. The van der Waals surface area contributed by atoms with E-state index in [2.05, 4.69) is 53.4 Å². The number of methoxy groups -OCH3 is 1. The molecule has 0 bridgehead atoms. The van der Waals surface area contributed by atoms with Crippen molar-refractivity contribution in [2.45, 2.75) is 20.0 Å². The average molecular weight is 439 g/mol. The Balaban J connectivity index is 1.34. The number of oxazole rings is 1. The molecule has 2 heterocycles. The van der Waals surface area contributed by atoms with Crippen LogP contribution in [-0.2, 0) is 13.1 Å². The number of rotatable bonds is 7. The van der Waals surface area contributed by atoms with Gasteiger partial charge in [0, 0.05) is 36.4 Å². The van der Waals surface area contributed by atoms with Gasteiger partial charge >= 0.3 is 0 Å². The zero-order valence-electron chi connectivity index (χ0n) is 19.0. The maximum absolute atomic E-state index is 6.10. The van der Waals surface area contributed by atoms with Crippen molar-refractivity contribution in [3.05, 3.63) is 96.1 Å². The molecule has 0 aliphatic rings. The summed E-state index contributed by atoms with van der Waals surface area (Å²) in [6.45, 7) is 3.49. The third-order valence-electron chi connectivity index (χ3n) is 5.80. The summed E-state index contributed by atoms with van der Waals surface area (Å²) >= 11 is 0. The second-order valence-electron chi connectivity index (χ2n) is 8.17. The number of aromatic nitrogens is 3. The smallest absolute Gasteiger partial charge is 0.227 e. The van der Waals surface area contributed by atoms with E-state index in [0.717, 1.165) is 45.8 Å². The van der Waals surface area contributed by atoms with E-state index in [4.69, 9.17) is 14.1 Å². The van der Waals surface area contributed by atoms with E-state index in [1.165, 1.54) is 5.56 Å². The number of benzene rings is 3. The minimum absolute atomic E-state index is 0.637. The molecule has 0 saturated heterocycles. The van der Waals surface area contributed by atoms with Gasteiger partial charge < -0.3 is 9.15 Å². The summed E-state index contributed by atoms with van der Waals surface area (Å²) in [6.07, 6.45) is 3.73. The van der Waals surface area contributed by atoms with Crippen LogP contribution in [0, 0.1) is 6.92 Å². The molecule has 33 heavy (non-hydrogen) atoms. The Morgan fingerprint density at radius 3 is 2.45 bits per heavy atom. The number of nitrogens with zero attached hydrogens (tertiary/aromatic N) is 4. The molecule has 6 heteroatoms. The maximum atomic E-state index is 6.10. The zero-order chi connectivity index (χ0) is 22.8. The Kier molecular flexibility index (Phi) is 5.67. The van der Waals surface area contributed by atoms with Crippen molar-refractivity contribution in [1.29, 1.82) is 0 Å². The predicted octanol–water partition coefficient (Wildman–Crippen LogP) is 5.63. The number of aryl methyl sites for hydroxylation is 1. The van der Waals surface area contributed by atoms with E-state index in [1.54, 1.807) is 13.3 Å². The second kappa shape index (κ2) is 8.92. The molecule has 6 nitrogen and oxygen atoms in total. The van der Waals surface area contributed by atoms with Gasteiger partial charge in [-0.3, -0.25) is 4.90 Å². The lowest BCUT2D eigenvalue weighted by Crippen LogP contribution is -2.18. The van der Waals surface area contributed by atoms with E-state index in [1.807, 2.05) is 48.1 Å². The highest BCUT2D eigenvalue weighted by molar-refractivity contribution is 5.98. The van der Waals surface area contributed by atoms with Gasteiger partial charge in [-0.25, -0.2) is 9.67 Å². The van der Waals surface area contributed by atoms with Crippen molar-refractivity contribution < 1.29 is 9.15 Å². The van der Waals surface area contributed by atoms with Gasteiger partial charge in [0.15, 0.2) is 0 Å². The van der Waals surface area contributed by atoms with Crippen molar-refractivity contribution in [3.8, 4) is 22.9 Å². The molecule has 0 spiro atoms. The molecule has 0 saturated carbocycles. The molecule has 5 rings (SSSR count). The molecule has 0 radical (unpaired) electrons. The molecule has 3 aromatic carbocycles. The fourth-order valence-corrected chi connectivity index (χ4v) is 4.12. The summed E-state index contributed by atoms with van der Waals surface area (Å²) in [4.78, 5) is 7.09. The first-order valence-corrected chi connectivity index (χ1v) is 10.9. The number of ether oxygens (including phenoxy) is 1. The SMILES string of the molecule is COc1ccc(-c2nc(CN(C)Cc3ccc(-n4cccn4)cc3)c(C)o2)c2ccccc12. The van der Waals surface area contributed by atoms with Crippen molar-refractivity contribution >= 4 is 10.8 Å². The van der Waals surface area contributed by atoms with Gasteiger partial charge in [-0.1, -0.05) is 36.4 Å². The molecule has 166 valence electrons. The lowest BCUT2D eigenvalue weighted by atomic mass is 10.0. The summed E-state index contributed by atoms with van der Waals surface area (Å²) < 4.78 is 13.5. The highest BCUT2D eigenvalue weighted by atomic mass is 16.5. The van der Waals surface area contributed by atoms with Gasteiger partial charge in [0.1, 0.15) is 11.5 Å². The summed E-state index contributed by atoms with van der Waals surface area (Å²) in [5.74, 6) is 2.32. The normalized spacial score (nSPS) is 11.4. The van der Waals surface area contributed by atoms with E-state index < -0.39 is 0 Å². The summed E-state index contributed by atoms with van der Waals surface area (Å²) in [5.41, 5.74) is 4.20. The van der Waals surface area contributed by atoms with Crippen molar-refractivity contribution in [2.24, 2.45) is 0 Å². The molecule has 5 aromatic rings.